The van der Waals surface area contributed by atoms with Crippen LogP contribution in [0.5, 0.6) is 0 Å². The van der Waals surface area contributed by atoms with Crippen LogP contribution in [0.4, 0.5) is 23.7 Å². The molecule has 128 valence electrons. The maximum absolute atomic E-state index is 12.6. The first-order valence-corrected chi connectivity index (χ1v) is 7.47. The average Bonchev–Trinajstić information content (AvgIpc) is 2.49. The summed E-state index contributed by atoms with van der Waals surface area (Å²) in [5, 5.41) is 14.4. The highest BCUT2D eigenvalue weighted by molar-refractivity contribution is 5.89. The minimum Gasteiger partial charge on any atom is -0.393 e. The number of aliphatic hydroxyl groups is 1. The van der Waals surface area contributed by atoms with Crippen LogP contribution < -0.4 is 10.6 Å². The number of rotatable bonds is 4. The second kappa shape index (κ2) is 7.65. The Bertz CT molecular complexity index is 529. The summed E-state index contributed by atoms with van der Waals surface area (Å²) in [5.74, 6) is 0. The number of amides is 2. The Morgan fingerprint density at radius 3 is 2.65 bits per heavy atom. The van der Waals surface area contributed by atoms with Gasteiger partial charge in [0.1, 0.15) is 0 Å². The third kappa shape index (κ3) is 5.72. The maximum atomic E-state index is 12.6. The van der Waals surface area contributed by atoms with Crippen LogP contribution in [0.1, 0.15) is 18.4 Å². The molecular weight excluding hydrogens is 311 g/mol. The molecule has 5 nitrogen and oxygen atoms in total. The number of alkyl halides is 3. The number of carbonyl (C=O) groups excluding carboxylic acids is 1. The van der Waals surface area contributed by atoms with Crippen molar-refractivity contribution in [1.82, 2.24) is 10.2 Å². The number of benzene rings is 1. The van der Waals surface area contributed by atoms with Crippen molar-refractivity contribution in [3.63, 3.8) is 0 Å². The molecule has 3 N–H and O–H groups in total. The summed E-state index contributed by atoms with van der Waals surface area (Å²) in [6.45, 7) is 2.58. The molecule has 0 saturated carbocycles. The molecule has 2 amide bonds. The predicted molar refractivity (Wildman–Crippen MR) is 80.1 cm³/mol. The lowest BCUT2D eigenvalue weighted by molar-refractivity contribution is -0.137. The van der Waals surface area contributed by atoms with Crippen LogP contribution in [0.3, 0.4) is 0 Å². The monoisotopic (exact) mass is 331 g/mol. The van der Waals surface area contributed by atoms with E-state index in [0.29, 0.717) is 13.1 Å². The highest BCUT2D eigenvalue weighted by atomic mass is 19.4. The summed E-state index contributed by atoms with van der Waals surface area (Å²) in [4.78, 5) is 13.8. The molecule has 0 atom stereocenters. The number of hydrogen-bond donors (Lipinski definition) is 3. The molecule has 0 aromatic heterocycles. The van der Waals surface area contributed by atoms with E-state index in [1.807, 2.05) is 0 Å². The Morgan fingerprint density at radius 1 is 1.30 bits per heavy atom. The molecule has 2 rings (SSSR count). The minimum absolute atomic E-state index is 0.0958. The van der Waals surface area contributed by atoms with E-state index in [1.165, 1.54) is 12.1 Å². The molecule has 1 heterocycles. The molecule has 8 heteroatoms. The van der Waals surface area contributed by atoms with Crippen LogP contribution in [0.15, 0.2) is 24.3 Å². The largest absolute Gasteiger partial charge is 0.416 e. The van der Waals surface area contributed by atoms with Gasteiger partial charge in [0.25, 0.3) is 0 Å². The predicted octanol–water partition coefficient (Wildman–Crippen LogP) is 2.28. The van der Waals surface area contributed by atoms with E-state index >= 15 is 0 Å². The van der Waals surface area contributed by atoms with E-state index in [0.717, 1.165) is 38.1 Å². The number of likely N-dealkylation sites (tertiary alicyclic amines) is 1. The summed E-state index contributed by atoms with van der Waals surface area (Å²) >= 11 is 0. The standard InChI is InChI=1S/C15H20F3N3O2/c16-15(17,18)11-2-1-3-12(10-11)20-14(23)19-6-9-21-7-4-13(22)5-8-21/h1-3,10,13,22H,4-9H2,(H2,19,20,23). The number of nitrogens with one attached hydrogen (secondary N) is 2. The first-order valence-electron chi connectivity index (χ1n) is 7.47. The molecule has 0 radical (unpaired) electrons. The summed E-state index contributed by atoms with van der Waals surface area (Å²) in [6, 6.07) is 3.96. The third-order valence-electron chi connectivity index (χ3n) is 3.72. The molecule has 0 aliphatic carbocycles. The molecule has 23 heavy (non-hydrogen) atoms. The average molecular weight is 331 g/mol. The van der Waals surface area contributed by atoms with Crippen molar-refractivity contribution in [2.75, 3.05) is 31.5 Å². The molecule has 0 bridgehead atoms. The van der Waals surface area contributed by atoms with E-state index in [9.17, 15) is 23.1 Å². The third-order valence-corrected chi connectivity index (χ3v) is 3.72. The van der Waals surface area contributed by atoms with Gasteiger partial charge in [-0.3, -0.25) is 0 Å². The van der Waals surface area contributed by atoms with Gasteiger partial charge < -0.3 is 20.6 Å². The van der Waals surface area contributed by atoms with Gasteiger partial charge in [0.2, 0.25) is 0 Å². The highest BCUT2D eigenvalue weighted by Crippen LogP contribution is 2.30. The van der Waals surface area contributed by atoms with Crippen molar-refractivity contribution in [2.45, 2.75) is 25.1 Å². The maximum Gasteiger partial charge on any atom is 0.416 e. The van der Waals surface area contributed by atoms with Crippen molar-refractivity contribution in [3.8, 4) is 0 Å². The van der Waals surface area contributed by atoms with E-state index in [4.69, 9.17) is 0 Å². The van der Waals surface area contributed by atoms with Crippen molar-refractivity contribution in [3.05, 3.63) is 29.8 Å². The van der Waals surface area contributed by atoms with Gasteiger partial charge in [-0.25, -0.2) is 4.79 Å². The normalized spacial score (nSPS) is 17.0. The van der Waals surface area contributed by atoms with Crippen LogP contribution in [-0.2, 0) is 6.18 Å². The second-order valence-electron chi connectivity index (χ2n) is 5.53. The fourth-order valence-corrected chi connectivity index (χ4v) is 2.42. The number of aliphatic hydroxyl groups excluding tert-OH is 1. The zero-order valence-electron chi connectivity index (χ0n) is 12.6. The Hall–Kier alpha value is -1.80. The zero-order valence-corrected chi connectivity index (χ0v) is 12.6. The van der Waals surface area contributed by atoms with Crippen LogP contribution >= 0.6 is 0 Å². The first-order chi connectivity index (χ1) is 10.8. The smallest absolute Gasteiger partial charge is 0.393 e. The number of halogens is 3. The topological polar surface area (TPSA) is 64.6 Å². The number of urea groups is 1. The summed E-state index contributed by atoms with van der Waals surface area (Å²) in [5.41, 5.74) is -0.708. The van der Waals surface area contributed by atoms with Gasteiger partial charge in [0.15, 0.2) is 0 Å². The van der Waals surface area contributed by atoms with Crippen LogP contribution in [0.25, 0.3) is 0 Å². The lowest BCUT2D eigenvalue weighted by atomic mass is 10.1. The summed E-state index contributed by atoms with van der Waals surface area (Å²) in [7, 11) is 0. The van der Waals surface area contributed by atoms with E-state index in [1.54, 1.807) is 0 Å². The van der Waals surface area contributed by atoms with Crippen molar-refractivity contribution < 1.29 is 23.1 Å². The first kappa shape index (κ1) is 17.6. The molecular formula is C15H20F3N3O2. The second-order valence-corrected chi connectivity index (χ2v) is 5.53. The fourth-order valence-electron chi connectivity index (χ4n) is 2.42. The number of nitrogens with zero attached hydrogens (tertiary/aromatic N) is 1. The Labute approximate surface area is 132 Å². The van der Waals surface area contributed by atoms with Crippen molar-refractivity contribution in [1.29, 1.82) is 0 Å². The summed E-state index contributed by atoms with van der Waals surface area (Å²) < 4.78 is 37.8. The van der Waals surface area contributed by atoms with Gasteiger partial charge >= 0.3 is 12.2 Å². The van der Waals surface area contributed by atoms with Gasteiger partial charge in [0.05, 0.1) is 11.7 Å². The number of hydrogen-bond acceptors (Lipinski definition) is 3. The van der Waals surface area contributed by atoms with Gasteiger partial charge in [-0.2, -0.15) is 13.2 Å². The van der Waals surface area contributed by atoms with Crippen LogP contribution in [0.2, 0.25) is 0 Å². The quantitative estimate of drug-likeness (QED) is 0.793. The molecule has 1 fully saturated rings. The molecule has 1 aromatic rings. The highest BCUT2D eigenvalue weighted by Gasteiger charge is 2.30. The number of anilines is 1. The molecule has 1 aromatic carbocycles. The molecule has 0 unspecified atom stereocenters. The fraction of sp³-hybridized carbons (Fsp3) is 0.533. The van der Waals surface area contributed by atoms with Crippen molar-refractivity contribution >= 4 is 11.7 Å². The molecule has 1 aliphatic rings. The van der Waals surface area contributed by atoms with Gasteiger partial charge in [-0.1, -0.05) is 6.07 Å². The van der Waals surface area contributed by atoms with Crippen LogP contribution in [-0.4, -0.2) is 48.3 Å². The zero-order chi connectivity index (χ0) is 16.9. The Morgan fingerprint density at radius 2 is 2.00 bits per heavy atom. The van der Waals surface area contributed by atoms with Crippen LogP contribution in [0, 0.1) is 0 Å². The minimum atomic E-state index is -4.44. The Kier molecular flexibility index (Phi) is 5.84. The number of carbonyl (C=O) groups is 1. The van der Waals surface area contributed by atoms with E-state index in [-0.39, 0.29) is 11.8 Å². The molecule has 1 saturated heterocycles. The van der Waals surface area contributed by atoms with Gasteiger partial charge in [0, 0.05) is 31.9 Å². The van der Waals surface area contributed by atoms with E-state index < -0.39 is 17.8 Å². The summed E-state index contributed by atoms with van der Waals surface area (Å²) in [6.07, 6.45) is -3.25. The molecule has 0 spiro atoms. The lowest BCUT2D eigenvalue weighted by Crippen LogP contribution is -2.41. The number of piperidine rings is 1. The van der Waals surface area contributed by atoms with E-state index in [2.05, 4.69) is 15.5 Å². The lowest BCUT2D eigenvalue weighted by Gasteiger charge is -2.29. The van der Waals surface area contributed by atoms with Gasteiger partial charge in [-0.05, 0) is 31.0 Å². The molecule has 1 aliphatic heterocycles. The SMILES string of the molecule is O=C(NCCN1CCC(O)CC1)Nc1cccc(C(F)(F)F)c1. The van der Waals surface area contributed by atoms with Gasteiger partial charge in [-0.15, -0.1) is 0 Å². The van der Waals surface area contributed by atoms with Crippen molar-refractivity contribution in [2.24, 2.45) is 0 Å². The Balaban J connectivity index is 1.74.